The Balaban J connectivity index is 2.84. The molecule has 0 saturated carbocycles. The first-order valence-corrected chi connectivity index (χ1v) is 4.20. The maximum atomic E-state index is 4.90. The summed E-state index contributed by atoms with van der Waals surface area (Å²) in [6.07, 6.45) is 0. The average molecular weight is 192 g/mol. The van der Waals surface area contributed by atoms with Gasteiger partial charge in [-0.25, -0.2) is 0 Å². The first kappa shape index (κ1) is 7.64. The van der Waals surface area contributed by atoms with Crippen LogP contribution in [0.3, 0.4) is 0 Å². The number of para-hydroxylation sites is 2. The van der Waals surface area contributed by atoms with Crippen LogP contribution in [0.25, 0.3) is 11.0 Å². The van der Waals surface area contributed by atoms with E-state index in [0.29, 0.717) is 10.1 Å². The average Bonchev–Trinajstić information content (AvgIpc) is 2.07. The molecule has 1 aromatic heterocycles. The predicted octanol–water partition coefficient (Wildman–Crippen LogP) is 1.44. The van der Waals surface area contributed by atoms with Crippen LogP contribution < -0.4 is 0 Å². The summed E-state index contributed by atoms with van der Waals surface area (Å²) in [5, 5.41) is 0.812. The summed E-state index contributed by atoms with van der Waals surface area (Å²) >= 11 is 9.81. The molecule has 2 rings (SSSR count). The molecule has 0 aliphatic carbocycles. The van der Waals surface area contributed by atoms with Crippen molar-refractivity contribution in [2.45, 2.75) is 10.1 Å². The third kappa shape index (κ3) is 1.19. The number of fused-ring (bicyclic) bond motifs is 1. The van der Waals surface area contributed by atoms with Crippen molar-refractivity contribution in [2.24, 2.45) is 0 Å². The Morgan fingerprint density at radius 1 is 0.833 bits per heavy atom. The Hall–Kier alpha value is -1.00. The topological polar surface area (TPSA) is 25.8 Å². The maximum absolute atomic E-state index is 4.90. The molecule has 4 heteroatoms. The number of hydrogen-bond donors (Lipinski definition) is 0. The lowest BCUT2D eigenvalue weighted by Gasteiger charge is -2.16. The van der Waals surface area contributed by atoms with Gasteiger partial charge < -0.3 is 25.3 Å². The van der Waals surface area contributed by atoms with E-state index in [2.05, 4.69) is 9.97 Å². The van der Waals surface area contributed by atoms with Crippen molar-refractivity contribution >= 4 is 36.3 Å². The number of rotatable bonds is 0. The van der Waals surface area contributed by atoms with E-state index < -0.39 is 0 Å². The van der Waals surface area contributed by atoms with Crippen molar-refractivity contribution in [1.29, 1.82) is 0 Å². The molecule has 0 radical (unpaired) electrons. The van der Waals surface area contributed by atoms with Gasteiger partial charge in [0.2, 0.25) is 0 Å². The van der Waals surface area contributed by atoms with Gasteiger partial charge in [-0.05, 0) is 12.1 Å². The lowest BCUT2D eigenvalue weighted by molar-refractivity contribution is 0.978. The molecule has 2 aromatic rings. The molecule has 0 N–H and O–H groups in total. The van der Waals surface area contributed by atoms with Crippen LogP contribution in [-0.4, -0.2) is 9.97 Å². The number of aromatic nitrogens is 2. The first-order valence-electron chi connectivity index (χ1n) is 3.38. The van der Waals surface area contributed by atoms with Gasteiger partial charge in [-0.3, -0.25) is 9.97 Å². The predicted molar refractivity (Wildman–Crippen MR) is 50.8 cm³/mol. The summed E-state index contributed by atoms with van der Waals surface area (Å²) in [4.78, 5) is 8.25. The van der Waals surface area contributed by atoms with Crippen LogP contribution in [-0.2, 0) is 25.3 Å². The minimum absolute atomic E-state index is 0.406. The van der Waals surface area contributed by atoms with Gasteiger partial charge >= 0.3 is 0 Å². The molecule has 2 nitrogen and oxygen atoms in total. The molecule has 1 aromatic carbocycles. The zero-order valence-corrected chi connectivity index (χ0v) is 7.65. The third-order valence-corrected chi connectivity index (χ3v) is 2.21. The summed E-state index contributed by atoms with van der Waals surface area (Å²) in [6.45, 7) is 0. The molecule has 0 unspecified atom stereocenters. The highest BCUT2D eigenvalue weighted by molar-refractivity contribution is 7.62. The quantitative estimate of drug-likeness (QED) is 0.590. The molecule has 60 valence electrons. The van der Waals surface area contributed by atoms with Gasteiger partial charge in [-0.1, -0.05) is 22.2 Å². The zero-order chi connectivity index (χ0) is 8.55. The van der Waals surface area contributed by atoms with Crippen LogP contribution in [0.4, 0.5) is 0 Å². The molecule has 0 amide bonds. The summed E-state index contributed by atoms with van der Waals surface area (Å²) in [6, 6.07) is 7.53. The Morgan fingerprint density at radius 2 is 1.25 bits per heavy atom. The highest BCUT2D eigenvalue weighted by Crippen LogP contribution is 2.11. The monoisotopic (exact) mass is 192 g/mol. The molecule has 0 aliphatic heterocycles. The van der Waals surface area contributed by atoms with Crippen molar-refractivity contribution in [3.63, 3.8) is 0 Å². The molecule has 0 spiro atoms. The Morgan fingerprint density at radius 3 is 1.67 bits per heavy atom. The van der Waals surface area contributed by atoms with E-state index in [0.717, 1.165) is 11.0 Å². The third-order valence-electron chi connectivity index (χ3n) is 1.51. The van der Waals surface area contributed by atoms with Crippen LogP contribution in [0.1, 0.15) is 0 Å². The highest BCUT2D eigenvalue weighted by atomic mass is 32.1. The van der Waals surface area contributed by atoms with Crippen molar-refractivity contribution in [1.82, 2.24) is 9.97 Å². The van der Waals surface area contributed by atoms with Gasteiger partial charge in [0.25, 0.3) is 0 Å². The van der Waals surface area contributed by atoms with Crippen molar-refractivity contribution < 1.29 is 0 Å². The first-order chi connectivity index (χ1) is 5.77. The van der Waals surface area contributed by atoms with Crippen LogP contribution in [0.5, 0.6) is 0 Å². The standard InChI is InChI=1S/C8H6N2S2/c11-7-8(12)10-6-4-2-1-3-5(6)9-7/h1-4H,(H,9,11)(H,10,12)/p-2. The second-order valence-corrected chi connectivity index (χ2v) is 3.10. The summed E-state index contributed by atoms with van der Waals surface area (Å²) in [5.74, 6) is 0. The fourth-order valence-electron chi connectivity index (χ4n) is 0.968. The lowest BCUT2D eigenvalue weighted by atomic mass is 10.3. The minimum Gasteiger partial charge on any atom is -0.760 e. The van der Waals surface area contributed by atoms with Gasteiger partial charge in [-0.15, -0.1) is 0 Å². The van der Waals surface area contributed by atoms with E-state index >= 15 is 0 Å². The molecule has 0 saturated heterocycles. The largest absolute Gasteiger partial charge is 0.760 e. The van der Waals surface area contributed by atoms with Gasteiger partial charge in [-0.2, -0.15) is 0 Å². The Labute approximate surface area is 80.9 Å². The van der Waals surface area contributed by atoms with Crippen LogP contribution in [0, 0.1) is 0 Å². The van der Waals surface area contributed by atoms with Crippen LogP contribution >= 0.6 is 0 Å². The lowest BCUT2D eigenvalue weighted by Crippen LogP contribution is -1.91. The van der Waals surface area contributed by atoms with E-state index in [-0.39, 0.29) is 0 Å². The highest BCUT2D eigenvalue weighted by Gasteiger charge is 1.91. The van der Waals surface area contributed by atoms with Gasteiger partial charge in [0, 0.05) is 0 Å². The van der Waals surface area contributed by atoms with E-state index in [1.165, 1.54) is 0 Å². The Kier molecular flexibility index (Phi) is 1.78. The summed E-state index contributed by atoms with van der Waals surface area (Å²) in [7, 11) is 0. The summed E-state index contributed by atoms with van der Waals surface area (Å²) in [5.41, 5.74) is 1.60. The molecule has 1 heterocycles. The molecular formula is C8H4N2S2-2. The number of nitrogens with zero attached hydrogens (tertiary/aromatic N) is 2. The SMILES string of the molecule is [S-]c1nc2ccccc2nc1[S-]. The van der Waals surface area contributed by atoms with Crippen LogP contribution in [0.2, 0.25) is 0 Å². The fourth-order valence-corrected chi connectivity index (χ4v) is 1.26. The van der Waals surface area contributed by atoms with Crippen LogP contribution in [0.15, 0.2) is 34.3 Å². The van der Waals surface area contributed by atoms with E-state index in [9.17, 15) is 0 Å². The van der Waals surface area contributed by atoms with Gasteiger partial charge in [0.1, 0.15) is 0 Å². The number of hydrogen-bond acceptors (Lipinski definition) is 4. The molecular weight excluding hydrogens is 188 g/mol. The normalized spacial score (nSPS) is 10.3. The molecule has 0 atom stereocenters. The van der Waals surface area contributed by atoms with Gasteiger partial charge in [0.15, 0.2) is 0 Å². The molecule has 12 heavy (non-hydrogen) atoms. The van der Waals surface area contributed by atoms with Crippen molar-refractivity contribution in [2.75, 3.05) is 0 Å². The fraction of sp³-hybridized carbons (Fsp3) is 0. The van der Waals surface area contributed by atoms with E-state index in [1.54, 1.807) is 0 Å². The maximum Gasteiger partial charge on any atom is 0.0867 e. The second kappa shape index (κ2) is 2.80. The number of benzene rings is 1. The van der Waals surface area contributed by atoms with E-state index in [1.807, 2.05) is 24.3 Å². The molecule has 0 aliphatic rings. The molecule has 0 fully saturated rings. The summed E-state index contributed by atoms with van der Waals surface area (Å²) < 4.78 is 0. The second-order valence-electron chi connectivity index (χ2n) is 2.32. The Bertz CT molecular complexity index is 388. The van der Waals surface area contributed by atoms with Crippen molar-refractivity contribution in [3.8, 4) is 0 Å². The smallest absolute Gasteiger partial charge is 0.0867 e. The molecule has 0 bridgehead atoms. The van der Waals surface area contributed by atoms with Gasteiger partial charge in [0.05, 0.1) is 11.0 Å². The van der Waals surface area contributed by atoms with Crippen molar-refractivity contribution in [3.05, 3.63) is 24.3 Å². The zero-order valence-electron chi connectivity index (χ0n) is 6.02. The minimum atomic E-state index is 0.406. The van der Waals surface area contributed by atoms with E-state index in [4.69, 9.17) is 25.3 Å².